The molecule has 0 saturated carbocycles. The van der Waals surface area contributed by atoms with Crippen LogP contribution in [0.2, 0.25) is 0 Å². The normalized spacial score (nSPS) is 15.3. The average Bonchev–Trinajstić information content (AvgIpc) is 3.21. The molecule has 1 unspecified atom stereocenters. The van der Waals surface area contributed by atoms with Gasteiger partial charge in [0.15, 0.2) is 6.10 Å². The second-order valence-corrected chi connectivity index (χ2v) is 15.3. The van der Waals surface area contributed by atoms with Crippen LogP contribution in [-0.2, 0) is 32.7 Å². The molecule has 0 amide bonds. The van der Waals surface area contributed by atoms with Crippen LogP contribution in [0.15, 0.2) is 97.2 Å². The molecular weight excluding hydrogens is 759 g/mol. The van der Waals surface area contributed by atoms with Crippen LogP contribution in [0.1, 0.15) is 136 Å². The molecule has 0 aromatic heterocycles. The lowest BCUT2D eigenvalue weighted by molar-refractivity contribution is -0.161. The van der Waals surface area contributed by atoms with Crippen LogP contribution in [0.25, 0.3) is 0 Å². The van der Waals surface area contributed by atoms with Crippen LogP contribution in [0.5, 0.6) is 0 Å². The van der Waals surface area contributed by atoms with E-state index in [0.29, 0.717) is 32.1 Å². The maximum atomic E-state index is 12.6. The molecular formula is C46H75O11P. The zero-order chi connectivity index (χ0) is 42.8. The quantitative estimate of drug-likeness (QED) is 0.0154. The predicted octanol–water partition coefficient (Wildman–Crippen LogP) is 10.2. The first kappa shape index (κ1) is 54.9. The van der Waals surface area contributed by atoms with Crippen LogP contribution in [-0.4, -0.2) is 76.9 Å². The molecule has 0 rings (SSSR count). The summed E-state index contributed by atoms with van der Waals surface area (Å²) in [5, 5.41) is 27.8. The molecule has 0 radical (unpaired) electrons. The van der Waals surface area contributed by atoms with E-state index in [4.69, 9.17) is 19.1 Å². The van der Waals surface area contributed by atoms with E-state index < -0.39 is 57.9 Å². The summed E-state index contributed by atoms with van der Waals surface area (Å²) in [6.45, 7) is 1.88. The monoisotopic (exact) mass is 835 g/mol. The third-order valence-corrected chi connectivity index (χ3v) is 9.33. The highest BCUT2D eigenvalue weighted by molar-refractivity contribution is 7.47. The maximum absolute atomic E-state index is 12.6. The standard InChI is InChI=1S/C46H75O11P/c1-3-5-6-7-8-9-10-11-12-13-14-18-21-24-27-30-33-36-45(50)54-40-44(41-56-58(52,53)55-39-43(49)38-47)57-46(51)37-34-31-28-25-22-19-16-15-17-20-23-26-29-32-35-42(48)4-2/h11-12,14,16-20,24-29,32,35,42-44,47-49H,3-10,13,15,21-23,30-31,33-34,36-41H2,1-2H3,(H,52,53)/b12-11-,18-14-,19-16-,20-17-,27-24-,28-25-,29-26-,35-32+/t42-,43+,44-/m1/s1. The number of phosphoric acid groups is 1. The molecule has 0 aliphatic carbocycles. The summed E-state index contributed by atoms with van der Waals surface area (Å²) in [7, 11) is -4.66. The molecule has 0 fully saturated rings. The number of carbonyl (C=O) groups is 2. The maximum Gasteiger partial charge on any atom is 0.472 e. The number of aliphatic hydroxyl groups excluding tert-OH is 3. The number of unbranched alkanes of at least 4 members (excludes halogenated alkanes) is 8. The van der Waals surface area contributed by atoms with Gasteiger partial charge in [-0.25, -0.2) is 4.57 Å². The third-order valence-electron chi connectivity index (χ3n) is 8.38. The van der Waals surface area contributed by atoms with Gasteiger partial charge in [0.05, 0.1) is 25.9 Å². The number of allylic oxidation sites excluding steroid dienone is 15. The fraction of sp³-hybridized carbons (Fsp3) is 0.609. The predicted molar refractivity (Wildman–Crippen MR) is 234 cm³/mol. The zero-order valence-electron chi connectivity index (χ0n) is 35.3. The minimum Gasteiger partial charge on any atom is -0.462 e. The van der Waals surface area contributed by atoms with Crippen molar-refractivity contribution in [3.63, 3.8) is 0 Å². The molecule has 12 heteroatoms. The fourth-order valence-electron chi connectivity index (χ4n) is 4.94. The lowest BCUT2D eigenvalue weighted by Crippen LogP contribution is -2.29. The van der Waals surface area contributed by atoms with Gasteiger partial charge in [-0.3, -0.25) is 18.6 Å². The number of phosphoric ester groups is 1. The molecule has 11 nitrogen and oxygen atoms in total. The van der Waals surface area contributed by atoms with E-state index in [1.165, 1.54) is 38.5 Å². The summed E-state index contributed by atoms with van der Waals surface area (Å²) in [4.78, 5) is 34.9. The second-order valence-electron chi connectivity index (χ2n) is 13.8. The largest absolute Gasteiger partial charge is 0.472 e. The number of carbonyl (C=O) groups excluding carboxylic acids is 2. The number of esters is 2. The molecule has 58 heavy (non-hydrogen) atoms. The van der Waals surface area contributed by atoms with Crippen LogP contribution < -0.4 is 0 Å². The number of hydrogen-bond acceptors (Lipinski definition) is 10. The van der Waals surface area contributed by atoms with Crippen molar-refractivity contribution >= 4 is 19.8 Å². The number of ether oxygens (including phenoxy) is 2. The van der Waals surface area contributed by atoms with Gasteiger partial charge in [-0.2, -0.15) is 0 Å². The van der Waals surface area contributed by atoms with Gasteiger partial charge >= 0.3 is 19.8 Å². The lowest BCUT2D eigenvalue weighted by atomic mass is 10.1. The van der Waals surface area contributed by atoms with Crippen molar-refractivity contribution in [2.24, 2.45) is 0 Å². The number of hydrogen-bond donors (Lipinski definition) is 4. The Hall–Kier alpha value is -3.15. The van der Waals surface area contributed by atoms with E-state index >= 15 is 0 Å². The molecule has 4 N–H and O–H groups in total. The van der Waals surface area contributed by atoms with Crippen molar-refractivity contribution in [2.75, 3.05) is 26.4 Å². The molecule has 0 spiro atoms. The van der Waals surface area contributed by atoms with Crippen molar-refractivity contribution in [1.29, 1.82) is 0 Å². The summed E-state index contributed by atoms with van der Waals surface area (Å²) in [5.74, 6) is -1.08. The minimum absolute atomic E-state index is 0.0757. The first-order valence-electron chi connectivity index (χ1n) is 21.3. The Labute approximate surface area is 349 Å². The molecule has 0 heterocycles. The Morgan fingerprint density at radius 3 is 1.62 bits per heavy atom. The topological polar surface area (TPSA) is 169 Å². The Morgan fingerprint density at radius 2 is 1.07 bits per heavy atom. The smallest absolute Gasteiger partial charge is 0.462 e. The summed E-state index contributed by atoms with van der Waals surface area (Å²) in [6.07, 6.45) is 46.2. The van der Waals surface area contributed by atoms with E-state index in [0.717, 1.165) is 38.5 Å². The highest BCUT2D eigenvalue weighted by Crippen LogP contribution is 2.43. The molecule has 0 saturated heterocycles. The third kappa shape index (κ3) is 39.7. The Bertz CT molecular complexity index is 1300. The van der Waals surface area contributed by atoms with Gasteiger partial charge in [0.2, 0.25) is 0 Å². The van der Waals surface area contributed by atoms with Crippen LogP contribution >= 0.6 is 7.82 Å². The highest BCUT2D eigenvalue weighted by Gasteiger charge is 2.27. The van der Waals surface area contributed by atoms with E-state index in [1.54, 1.807) is 6.08 Å². The SMILES string of the molecule is CCCCCCCC/C=C\C/C=C\C/C=C\CCCC(=O)OC[C@H](COP(=O)(O)OC[C@@H](O)CO)OC(=O)CCC/C=C\C/C=C\C/C=C\C/C=C\C=C\[C@H](O)CC. The number of aliphatic hydroxyl groups is 3. The van der Waals surface area contributed by atoms with E-state index in [-0.39, 0.29) is 19.4 Å². The van der Waals surface area contributed by atoms with E-state index in [2.05, 4.69) is 66.1 Å². The first-order valence-corrected chi connectivity index (χ1v) is 22.8. The van der Waals surface area contributed by atoms with Gasteiger partial charge in [-0.15, -0.1) is 0 Å². The number of rotatable bonds is 38. The first-order chi connectivity index (χ1) is 28.1. The highest BCUT2D eigenvalue weighted by atomic mass is 31.2. The van der Waals surface area contributed by atoms with Gasteiger partial charge in [-0.05, 0) is 77.0 Å². The van der Waals surface area contributed by atoms with Gasteiger partial charge < -0.3 is 29.7 Å². The molecule has 0 aliphatic heterocycles. The van der Waals surface area contributed by atoms with Gasteiger partial charge in [0.25, 0.3) is 0 Å². The van der Waals surface area contributed by atoms with Crippen molar-refractivity contribution in [1.82, 2.24) is 0 Å². The molecule has 330 valence electrons. The van der Waals surface area contributed by atoms with Crippen molar-refractivity contribution in [3.05, 3.63) is 97.2 Å². The van der Waals surface area contributed by atoms with Gasteiger partial charge in [0, 0.05) is 12.8 Å². The summed E-state index contributed by atoms with van der Waals surface area (Å²) < 4.78 is 32.5. The van der Waals surface area contributed by atoms with E-state index in [1.807, 2.05) is 43.4 Å². The summed E-state index contributed by atoms with van der Waals surface area (Å²) in [6, 6.07) is 0. The minimum atomic E-state index is -4.66. The second kappa shape index (κ2) is 40.6. The van der Waals surface area contributed by atoms with Gasteiger partial charge in [0.1, 0.15) is 12.7 Å². The Kier molecular flexibility index (Phi) is 38.4. The molecule has 0 aromatic rings. The molecule has 0 aliphatic rings. The van der Waals surface area contributed by atoms with Crippen molar-refractivity contribution in [3.8, 4) is 0 Å². The molecule has 0 bridgehead atoms. The van der Waals surface area contributed by atoms with Gasteiger partial charge in [-0.1, -0.05) is 143 Å². The molecule has 0 aromatic carbocycles. The van der Waals surface area contributed by atoms with Crippen molar-refractivity contribution < 1.29 is 52.9 Å². The van der Waals surface area contributed by atoms with Crippen LogP contribution in [0.3, 0.4) is 0 Å². The Morgan fingerprint density at radius 1 is 0.586 bits per heavy atom. The average molecular weight is 835 g/mol. The summed E-state index contributed by atoms with van der Waals surface area (Å²) in [5.41, 5.74) is 0. The Balaban J connectivity index is 4.53. The zero-order valence-corrected chi connectivity index (χ0v) is 36.2. The van der Waals surface area contributed by atoms with Crippen molar-refractivity contribution in [2.45, 2.75) is 154 Å². The van der Waals surface area contributed by atoms with Crippen LogP contribution in [0.4, 0.5) is 0 Å². The fourth-order valence-corrected chi connectivity index (χ4v) is 5.73. The summed E-state index contributed by atoms with van der Waals surface area (Å²) >= 11 is 0. The molecule has 4 atom stereocenters. The van der Waals surface area contributed by atoms with Crippen LogP contribution in [0, 0.1) is 0 Å². The lowest BCUT2D eigenvalue weighted by Gasteiger charge is -2.20. The van der Waals surface area contributed by atoms with E-state index in [9.17, 15) is 29.3 Å².